The molecule has 2 saturated carbocycles. The molecule has 0 amide bonds. The molecule has 0 unspecified atom stereocenters. The molecule has 1 aromatic carbocycles. The Labute approximate surface area is 234 Å². The smallest absolute Gasteiger partial charge is 0.476 e. The predicted octanol–water partition coefficient (Wildman–Crippen LogP) is 3.92. The second-order valence-corrected chi connectivity index (χ2v) is 9.80. The fraction of sp³-hybridized carbons (Fsp3) is 0.556. The van der Waals surface area contributed by atoms with Crippen LogP contribution in [0.4, 0.5) is 0 Å². The second-order valence-electron chi connectivity index (χ2n) is 9.39. The average molecular weight is 691 g/mol. The molecule has 0 bridgehead atoms. The Kier molecular flexibility index (Phi) is 15.7. The maximum absolute atomic E-state index is 10.3. The van der Waals surface area contributed by atoms with Crippen LogP contribution < -0.4 is 22.1 Å². The van der Waals surface area contributed by atoms with Crippen LogP contribution in [-0.2, 0) is 29.3 Å². The van der Waals surface area contributed by atoms with Gasteiger partial charge in [0.15, 0.2) is 12.2 Å². The van der Waals surface area contributed by atoms with Crippen LogP contribution >= 0.6 is 11.6 Å². The minimum atomic E-state index is 0. The van der Waals surface area contributed by atoms with Crippen LogP contribution in [0.3, 0.4) is 0 Å². The molecule has 1 radical (unpaired) electrons. The van der Waals surface area contributed by atoms with Gasteiger partial charge in [0.1, 0.15) is 6.10 Å². The molecule has 0 aromatic heterocycles. The Balaban J connectivity index is 0.000000301. The van der Waals surface area contributed by atoms with Crippen LogP contribution in [0.5, 0.6) is 0 Å². The van der Waals surface area contributed by atoms with Crippen molar-refractivity contribution in [3.8, 4) is 6.07 Å². The number of rotatable bonds is 5. The molecule has 0 atom stereocenters. The van der Waals surface area contributed by atoms with E-state index in [2.05, 4.69) is 23.7 Å². The van der Waals surface area contributed by atoms with Crippen LogP contribution in [0.2, 0.25) is 5.02 Å². The Bertz CT molecular complexity index is 882. The number of carbonyl (C=O) groups is 1. The molecule has 2 aliphatic carbocycles. The molecule has 36 heavy (non-hydrogen) atoms. The fourth-order valence-corrected chi connectivity index (χ4v) is 4.86. The summed E-state index contributed by atoms with van der Waals surface area (Å²) in [6.07, 6.45) is 15.5. The summed E-state index contributed by atoms with van der Waals surface area (Å²) in [5.41, 5.74) is 12.2. The summed E-state index contributed by atoms with van der Waals surface area (Å²) in [4.78, 5) is 10.3. The topological polar surface area (TPSA) is 126 Å². The van der Waals surface area contributed by atoms with Crippen LogP contribution in [-0.4, -0.2) is 38.6 Å². The van der Waals surface area contributed by atoms with Crippen molar-refractivity contribution in [2.75, 3.05) is 20.1 Å². The Morgan fingerprint density at radius 2 is 1.92 bits per heavy atom. The number of hydrogen-bond acceptors (Lipinski definition) is 7. The normalized spacial score (nSPS) is 19.7. The summed E-state index contributed by atoms with van der Waals surface area (Å²) in [5, 5.41) is 15.5. The summed E-state index contributed by atoms with van der Waals surface area (Å²) in [7, 11) is 2.07. The van der Waals surface area contributed by atoms with Crippen molar-refractivity contribution in [2.45, 2.75) is 69.9 Å². The minimum absolute atomic E-state index is 0. The Morgan fingerprint density at radius 1 is 1.25 bits per heavy atom. The number of nitriles is 1. The predicted molar refractivity (Wildman–Crippen MR) is 140 cm³/mol. The zero-order valence-electron chi connectivity index (χ0n) is 21.0. The number of halogens is 1. The number of hydrogen-bond donors (Lipinski definition) is 4. The Hall–Kier alpha value is -1.89. The second kappa shape index (κ2) is 17.5. The molecule has 1 heterocycles. The molecule has 9 heteroatoms. The first-order chi connectivity index (χ1) is 16.9. The SMILES string of the molecule is CNC1CCCCC1.N#Cc1cc[c-]cc1Cl.N/C(C=O)=C\C=C(/N)OC1CC2(CCNCC2)C1.[Os+]. The third-order valence-electron chi connectivity index (χ3n) is 6.81. The van der Waals surface area contributed by atoms with Crippen LogP contribution in [0.25, 0.3) is 0 Å². The number of nitrogens with one attached hydrogen (secondary N) is 2. The van der Waals surface area contributed by atoms with Crippen LogP contribution in [0.15, 0.2) is 41.9 Å². The zero-order valence-corrected chi connectivity index (χ0v) is 24.3. The van der Waals surface area contributed by atoms with Crippen LogP contribution in [0, 0.1) is 22.8 Å². The first-order valence-corrected chi connectivity index (χ1v) is 12.8. The Morgan fingerprint density at radius 3 is 2.42 bits per heavy atom. The quantitative estimate of drug-likeness (QED) is 0.121. The van der Waals surface area contributed by atoms with Gasteiger partial charge in [-0.1, -0.05) is 24.3 Å². The van der Waals surface area contributed by atoms with E-state index < -0.39 is 0 Å². The molecule has 7 nitrogen and oxygen atoms in total. The van der Waals surface area contributed by atoms with E-state index in [-0.39, 0.29) is 31.6 Å². The van der Waals surface area contributed by atoms with E-state index in [0.29, 0.717) is 28.2 Å². The van der Waals surface area contributed by atoms with E-state index in [0.717, 1.165) is 32.0 Å². The van der Waals surface area contributed by atoms with E-state index in [1.54, 1.807) is 18.2 Å². The van der Waals surface area contributed by atoms with Crippen molar-refractivity contribution in [3.63, 3.8) is 0 Å². The van der Waals surface area contributed by atoms with E-state index in [1.807, 2.05) is 6.07 Å². The van der Waals surface area contributed by atoms with Gasteiger partial charge in [-0.25, -0.2) is 0 Å². The molecule has 6 N–H and O–H groups in total. The van der Waals surface area contributed by atoms with Gasteiger partial charge in [0, 0.05) is 6.04 Å². The number of allylic oxidation sites excluding steroid dienone is 3. The van der Waals surface area contributed by atoms with Crippen molar-refractivity contribution >= 4 is 17.9 Å². The van der Waals surface area contributed by atoms with Crippen molar-refractivity contribution in [3.05, 3.63) is 58.6 Å². The van der Waals surface area contributed by atoms with E-state index in [4.69, 9.17) is 33.1 Å². The number of nitrogens with two attached hydrogens (primary N) is 2. The van der Waals surface area contributed by atoms with Crippen molar-refractivity contribution in [2.24, 2.45) is 16.9 Å². The summed E-state index contributed by atoms with van der Waals surface area (Å²) in [6, 6.07) is 10.4. The average Bonchev–Trinajstić information content (AvgIpc) is 2.88. The number of piperidine rings is 1. The molecule has 1 saturated heterocycles. The summed E-state index contributed by atoms with van der Waals surface area (Å²) in [5.74, 6) is 0.327. The number of nitrogens with zero attached hydrogens (tertiary/aromatic N) is 1. The molecule has 1 spiro atoms. The standard InChI is InChI=1S/C13H21N3O2.C7H3ClN.C7H15N.Os/c14-10(9-17)1-2-12(15)18-11-7-13(8-11)3-5-16-6-4-13;8-7-4-2-1-3-6(7)5-9;1-8-7-5-3-2-4-6-7;/h1-2,9,11,16H,3-8,14-15H2;1,3-4H;7-8H,2-6H2,1H3;/q;-1;;+1/b10-1-,12-2+;;;. The van der Waals surface area contributed by atoms with Crippen LogP contribution in [0.1, 0.15) is 63.4 Å². The molecular weight excluding hydrogens is 652 g/mol. The van der Waals surface area contributed by atoms with Gasteiger partial charge in [0.25, 0.3) is 0 Å². The number of carbonyl (C=O) groups excluding carboxylic acids is 1. The molecular formula is C27H39ClN5O2Os. The third kappa shape index (κ3) is 11.4. The van der Waals surface area contributed by atoms with E-state index >= 15 is 0 Å². The van der Waals surface area contributed by atoms with E-state index in [1.165, 1.54) is 57.1 Å². The van der Waals surface area contributed by atoms with Crippen molar-refractivity contribution < 1.29 is 29.3 Å². The fourth-order valence-electron chi connectivity index (χ4n) is 4.70. The largest absolute Gasteiger partial charge is 1.00 e. The first kappa shape index (κ1) is 32.1. The zero-order chi connectivity index (χ0) is 25.5. The van der Waals surface area contributed by atoms with Crippen molar-refractivity contribution in [1.29, 1.82) is 5.26 Å². The van der Waals surface area contributed by atoms with Gasteiger partial charge in [0.2, 0.25) is 0 Å². The van der Waals surface area contributed by atoms with Gasteiger partial charge in [-0.05, 0) is 81.8 Å². The van der Waals surface area contributed by atoms with Gasteiger partial charge >= 0.3 is 19.8 Å². The monoisotopic (exact) mass is 692 g/mol. The third-order valence-corrected chi connectivity index (χ3v) is 7.12. The number of benzene rings is 1. The summed E-state index contributed by atoms with van der Waals surface area (Å²) >= 11 is 5.57. The van der Waals surface area contributed by atoms with Gasteiger partial charge in [-0.15, -0.1) is 0 Å². The molecule has 3 aliphatic rings. The minimum Gasteiger partial charge on any atom is -0.476 e. The molecule has 1 aromatic rings. The molecule has 4 rings (SSSR count). The molecule has 3 fully saturated rings. The first-order valence-electron chi connectivity index (χ1n) is 12.4. The van der Waals surface area contributed by atoms with Gasteiger partial charge in [0.05, 0.1) is 11.8 Å². The molecule has 1 aliphatic heterocycles. The maximum atomic E-state index is 10.3. The van der Waals surface area contributed by atoms with E-state index in [9.17, 15) is 4.79 Å². The number of ether oxygens (including phenoxy) is 1. The van der Waals surface area contributed by atoms with Gasteiger partial charge < -0.3 is 26.8 Å². The molecule has 199 valence electrons. The van der Waals surface area contributed by atoms with Gasteiger partial charge in [-0.2, -0.15) is 41.1 Å². The maximum Gasteiger partial charge on any atom is 1.00 e. The summed E-state index contributed by atoms with van der Waals surface area (Å²) < 4.78 is 5.61. The number of aldehydes is 1. The van der Waals surface area contributed by atoms with Crippen molar-refractivity contribution in [1.82, 2.24) is 10.6 Å². The summed E-state index contributed by atoms with van der Waals surface area (Å²) in [6.45, 7) is 2.22. The van der Waals surface area contributed by atoms with Gasteiger partial charge in [-0.3, -0.25) is 4.79 Å².